The van der Waals surface area contributed by atoms with Crippen molar-refractivity contribution in [3.63, 3.8) is 0 Å². The Morgan fingerprint density at radius 3 is 2.39 bits per heavy atom. The van der Waals surface area contributed by atoms with E-state index in [9.17, 15) is 23.2 Å². The second kappa shape index (κ2) is 8.51. The third-order valence-corrected chi connectivity index (χ3v) is 6.57. The Kier molecular flexibility index (Phi) is 5.58. The standard InChI is InChI=1S/C24H21F3N8O/c1-11-8-12(2)31-20(30-11)15-5-6-16(15)21-32-22-19(23(36)33-21)17(9-28)34-35(22)13(3)14-4-7-18(29-10-14)24(25,26)27/h4,7-8,10,13,15-16H,5-6H2,1-3H3,(H,32,33,36)/t13?,15-,16-/m0/s1. The molecule has 0 aromatic carbocycles. The first-order valence-electron chi connectivity index (χ1n) is 11.3. The minimum atomic E-state index is -4.56. The van der Waals surface area contributed by atoms with Crippen LogP contribution < -0.4 is 5.56 Å². The van der Waals surface area contributed by atoms with E-state index in [1.54, 1.807) is 6.92 Å². The van der Waals surface area contributed by atoms with Gasteiger partial charge in [-0.15, -0.1) is 0 Å². The van der Waals surface area contributed by atoms with Crippen LogP contribution in [0.25, 0.3) is 11.0 Å². The molecule has 12 heteroatoms. The largest absolute Gasteiger partial charge is 0.433 e. The molecule has 0 bridgehead atoms. The minimum Gasteiger partial charge on any atom is -0.310 e. The number of aromatic amines is 1. The van der Waals surface area contributed by atoms with Crippen LogP contribution >= 0.6 is 0 Å². The monoisotopic (exact) mass is 494 g/mol. The van der Waals surface area contributed by atoms with E-state index in [0.29, 0.717) is 17.2 Å². The Morgan fingerprint density at radius 2 is 1.83 bits per heavy atom. The van der Waals surface area contributed by atoms with E-state index in [4.69, 9.17) is 0 Å². The van der Waals surface area contributed by atoms with E-state index in [1.165, 1.54) is 10.7 Å². The van der Waals surface area contributed by atoms with Crippen molar-refractivity contribution in [2.24, 2.45) is 0 Å². The molecule has 3 atom stereocenters. The molecule has 0 radical (unpaired) electrons. The highest BCUT2D eigenvalue weighted by Crippen LogP contribution is 2.47. The maximum Gasteiger partial charge on any atom is 0.433 e. The zero-order valence-electron chi connectivity index (χ0n) is 19.6. The van der Waals surface area contributed by atoms with E-state index in [-0.39, 0.29) is 28.6 Å². The van der Waals surface area contributed by atoms with Gasteiger partial charge >= 0.3 is 6.18 Å². The number of hydrogen-bond acceptors (Lipinski definition) is 7. The van der Waals surface area contributed by atoms with Crippen LogP contribution in [0.2, 0.25) is 0 Å². The predicted octanol–water partition coefficient (Wildman–Crippen LogP) is 4.08. The average molecular weight is 494 g/mol. The van der Waals surface area contributed by atoms with Gasteiger partial charge in [0.1, 0.15) is 28.8 Å². The quantitative estimate of drug-likeness (QED) is 0.453. The molecule has 184 valence electrons. The number of nitrogens with one attached hydrogen (secondary N) is 1. The van der Waals surface area contributed by atoms with Crippen molar-refractivity contribution in [3.8, 4) is 6.07 Å². The molecule has 1 unspecified atom stereocenters. The molecule has 4 aromatic heterocycles. The van der Waals surface area contributed by atoms with Crippen molar-refractivity contribution < 1.29 is 13.2 Å². The molecule has 0 spiro atoms. The van der Waals surface area contributed by atoms with Gasteiger partial charge in [0.05, 0.1) is 6.04 Å². The molecule has 36 heavy (non-hydrogen) atoms. The van der Waals surface area contributed by atoms with Crippen molar-refractivity contribution in [2.75, 3.05) is 0 Å². The molecular weight excluding hydrogens is 473 g/mol. The van der Waals surface area contributed by atoms with Crippen molar-refractivity contribution in [3.05, 3.63) is 74.7 Å². The van der Waals surface area contributed by atoms with Crippen LogP contribution in [0.5, 0.6) is 0 Å². The van der Waals surface area contributed by atoms with Gasteiger partial charge in [-0.1, -0.05) is 6.07 Å². The second-order valence-electron chi connectivity index (χ2n) is 9.00. The summed E-state index contributed by atoms with van der Waals surface area (Å²) >= 11 is 0. The smallest absolute Gasteiger partial charge is 0.310 e. The molecule has 1 saturated carbocycles. The molecule has 0 aliphatic heterocycles. The number of rotatable bonds is 4. The van der Waals surface area contributed by atoms with Gasteiger partial charge in [-0.25, -0.2) is 19.6 Å². The number of H-pyrrole nitrogens is 1. The maximum absolute atomic E-state index is 13.0. The Bertz CT molecular complexity index is 1550. The number of aromatic nitrogens is 7. The highest BCUT2D eigenvalue weighted by Gasteiger charge is 2.38. The molecule has 4 heterocycles. The van der Waals surface area contributed by atoms with Crippen LogP contribution in [0.15, 0.2) is 29.2 Å². The highest BCUT2D eigenvalue weighted by atomic mass is 19.4. The average Bonchev–Trinajstić information content (AvgIpc) is 3.16. The lowest BCUT2D eigenvalue weighted by Crippen LogP contribution is -2.28. The molecule has 5 rings (SSSR count). The second-order valence-corrected chi connectivity index (χ2v) is 9.00. The summed E-state index contributed by atoms with van der Waals surface area (Å²) in [6, 6.07) is 5.36. The van der Waals surface area contributed by atoms with E-state index in [1.807, 2.05) is 26.0 Å². The van der Waals surface area contributed by atoms with Crippen molar-refractivity contribution in [2.45, 2.75) is 57.7 Å². The number of hydrogen-bond donors (Lipinski definition) is 1. The maximum atomic E-state index is 13.0. The number of nitrogens with zero attached hydrogens (tertiary/aromatic N) is 7. The van der Waals surface area contributed by atoms with Crippen LogP contribution in [-0.2, 0) is 6.18 Å². The van der Waals surface area contributed by atoms with E-state index in [0.717, 1.165) is 36.5 Å². The van der Waals surface area contributed by atoms with E-state index in [2.05, 4.69) is 30.0 Å². The van der Waals surface area contributed by atoms with E-state index < -0.39 is 23.5 Å². The molecule has 0 saturated heterocycles. The van der Waals surface area contributed by atoms with Crippen molar-refractivity contribution in [1.82, 2.24) is 34.7 Å². The summed E-state index contributed by atoms with van der Waals surface area (Å²) in [6.07, 6.45) is -1.84. The summed E-state index contributed by atoms with van der Waals surface area (Å²) in [6.45, 7) is 5.49. The van der Waals surface area contributed by atoms with Crippen molar-refractivity contribution >= 4 is 11.0 Å². The summed E-state index contributed by atoms with van der Waals surface area (Å²) < 4.78 is 40.2. The predicted molar refractivity (Wildman–Crippen MR) is 122 cm³/mol. The van der Waals surface area contributed by atoms with Crippen LogP contribution in [0.4, 0.5) is 13.2 Å². The third kappa shape index (κ3) is 4.00. The van der Waals surface area contributed by atoms with Gasteiger partial charge in [-0.3, -0.25) is 9.78 Å². The Balaban J connectivity index is 1.57. The molecular formula is C24H21F3N8O. The van der Waals surface area contributed by atoms with Crippen LogP contribution in [0, 0.1) is 25.2 Å². The zero-order valence-corrected chi connectivity index (χ0v) is 19.6. The molecule has 9 nitrogen and oxygen atoms in total. The number of aryl methyl sites for hydroxylation is 2. The van der Waals surface area contributed by atoms with E-state index >= 15 is 0 Å². The SMILES string of the molecule is Cc1cc(C)nc([C@H]2CC[C@@H]2c2nc3c(c(C#N)nn3C(C)c3ccc(C(F)(F)F)nc3)c(=O)[nH]2)n1. The molecule has 1 fully saturated rings. The lowest BCUT2D eigenvalue weighted by atomic mass is 9.72. The fourth-order valence-corrected chi connectivity index (χ4v) is 4.60. The Morgan fingerprint density at radius 1 is 1.14 bits per heavy atom. The van der Waals surface area contributed by atoms with Gasteiger partial charge in [0.15, 0.2) is 11.3 Å². The van der Waals surface area contributed by atoms with Gasteiger partial charge in [-0.05, 0) is 51.3 Å². The first-order valence-corrected chi connectivity index (χ1v) is 11.3. The van der Waals surface area contributed by atoms with Crippen LogP contribution in [-0.4, -0.2) is 34.7 Å². The summed E-state index contributed by atoms with van der Waals surface area (Å²) in [5, 5.41) is 13.9. The molecule has 1 aliphatic rings. The normalized spacial score (nSPS) is 18.6. The fraction of sp³-hybridized carbons (Fsp3) is 0.375. The van der Waals surface area contributed by atoms with Crippen molar-refractivity contribution in [1.29, 1.82) is 5.26 Å². The van der Waals surface area contributed by atoms with Gasteiger partial charge in [0.25, 0.3) is 5.56 Å². The molecule has 1 N–H and O–H groups in total. The van der Waals surface area contributed by atoms with Gasteiger partial charge < -0.3 is 4.98 Å². The summed E-state index contributed by atoms with van der Waals surface area (Å²) in [5.74, 6) is 0.990. The first-order chi connectivity index (χ1) is 17.1. The summed E-state index contributed by atoms with van der Waals surface area (Å²) in [4.78, 5) is 33.2. The Hall–Kier alpha value is -4.14. The lowest BCUT2D eigenvalue weighted by molar-refractivity contribution is -0.141. The minimum absolute atomic E-state index is 0.0208. The fourth-order valence-electron chi connectivity index (χ4n) is 4.60. The number of alkyl halides is 3. The topological polar surface area (TPSA) is 126 Å². The number of halogens is 3. The lowest BCUT2D eigenvalue weighted by Gasteiger charge is -2.34. The molecule has 4 aromatic rings. The van der Waals surface area contributed by atoms with Crippen LogP contribution in [0.3, 0.4) is 0 Å². The third-order valence-electron chi connectivity index (χ3n) is 6.57. The molecule has 1 aliphatic carbocycles. The van der Waals surface area contributed by atoms with Gasteiger partial charge in [0, 0.05) is 29.4 Å². The summed E-state index contributed by atoms with van der Waals surface area (Å²) in [7, 11) is 0. The number of pyridine rings is 1. The highest BCUT2D eigenvalue weighted by molar-refractivity contribution is 5.80. The molecule has 0 amide bonds. The number of nitriles is 1. The Labute approximate surface area is 203 Å². The first kappa shape index (κ1) is 23.6. The van der Waals surface area contributed by atoms with Gasteiger partial charge in [-0.2, -0.15) is 23.5 Å². The zero-order chi connectivity index (χ0) is 25.8. The van der Waals surface area contributed by atoms with Crippen LogP contribution in [0.1, 0.15) is 77.6 Å². The van der Waals surface area contributed by atoms with Gasteiger partial charge in [0.2, 0.25) is 0 Å². The summed E-state index contributed by atoms with van der Waals surface area (Å²) in [5.41, 5.74) is 0.701. The number of fused-ring (bicyclic) bond motifs is 1.